The van der Waals surface area contributed by atoms with Crippen LogP contribution in [-0.2, 0) is 4.74 Å². The first kappa shape index (κ1) is 12.3. The van der Waals surface area contributed by atoms with Crippen LogP contribution in [0.15, 0.2) is 0 Å². The van der Waals surface area contributed by atoms with Crippen LogP contribution < -0.4 is 5.73 Å². The fraction of sp³-hybridized carbons (Fsp3) is 1.00. The molecule has 0 bridgehead atoms. The molecular formula is C13H25NO2. The summed E-state index contributed by atoms with van der Waals surface area (Å²) in [6, 6.07) is 0.181. The number of rotatable bonds is 3. The minimum atomic E-state index is -0.560. The van der Waals surface area contributed by atoms with Crippen LogP contribution in [0.1, 0.15) is 57.8 Å². The van der Waals surface area contributed by atoms with Crippen molar-refractivity contribution in [2.45, 2.75) is 75.5 Å². The second kappa shape index (κ2) is 5.48. The predicted octanol–water partition coefficient (Wildman–Crippen LogP) is 1.97. The number of nitrogens with two attached hydrogens (primary N) is 1. The molecule has 2 atom stereocenters. The van der Waals surface area contributed by atoms with Crippen LogP contribution >= 0.6 is 0 Å². The Balaban J connectivity index is 1.76. The van der Waals surface area contributed by atoms with E-state index in [1.54, 1.807) is 0 Å². The lowest BCUT2D eigenvalue weighted by molar-refractivity contribution is -0.101. The summed E-state index contributed by atoms with van der Waals surface area (Å²) in [4.78, 5) is 0. The fourth-order valence-electron chi connectivity index (χ4n) is 2.95. The highest BCUT2D eigenvalue weighted by molar-refractivity contribution is 4.84. The molecule has 3 N–H and O–H groups in total. The molecule has 0 aromatic carbocycles. The summed E-state index contributed by atoms with van der Waals surface area (Å²) in [6.45, 7) is 0.491. The Morgan fingerprint density at radius 1 is 1.06 bits per heavy atom. The highest BCUT2D eigenvalue weighted by atomic mass is 16.5. The van der Waals surface area contributed by atoms with Gasteiger partial charge in [-0.25, -0.2) is 0 Å². The van der Waals surface area contributed by atoms with Gasteiger partial charge >= 0.3 is 0 Å². The number of ether oxygens (including phenoxy) is 1. The maximum Gasteiger partial charge on any atom is 0.0880 e. The van der Waals surface area contributed by atoms with E-state index in [1.807, 2.05) is 0 Å². The van der Waals surface area contributed by atoms with Crippen molar-refractivity contribution in [3.8, 4) is 0 Å². The molecule has 0 heterocycles. The van der Waals surface area contributed by atoms with Gasteiger partial charge < -0.3 is 15.6 Å². The summed E-state index contributed by atoms with van der Waals surface area (Å²) < 4.78 is 5.86. The second-order valence-electron chi connectivity index (χ2n) is 5.58. The Hall–Kier alpha value is -0.120. The first-order chi connectivity index (χ1) is 7.70. The summed E-state index contributed by atoms with van der Waals surface area (Å²) >= 11 is 0. The monoisotopic (exact) mass is 227 g/mol. The molecule has 16 heavy (non-hydrogen) atoms. The standard InChI is InChI=1S/C13H25NO2/c14-11-6-2-3-7-12(11)16-10-13(15)8-4-1-5-9-13/h11-12,15H,1-10,14H2. The van der Waals surface area contributed by atoms with Crippen molar-refractivity contribution in [1.29, 1.82) is 0 Å². The summed E-state index contributed by atoms with van der Waals surface area (Å²) in [7, 11) is 0. The Kier molecular flexibility index (Phi) is 4.22. The maximum absolute atomic E-state index is 10.3. The highest BCUT2D eigenvalue weighted by Crippen LogP contribution is 2.29. The normalized spacial score (nSPS) is 34.9. The van der Waals surface area contributed by atoms with Gasteiger partial charge in [0.05, 0.1) is 18.3 Å². The number of hydrogen-bond donors (Lipinski definition) is 2. The topological polar surface area (TPSA) is 55.5 Å². The number of aliphatic hydroxyl groups is 1. The van der Waals surface area contributed by atoms with E-state index in [9.17, 15) is 5.11 Å². The van der Waals surface area contributed by atoms with E-state index in [4.69, 9.17) is 10.5 Å². The fourth-order valence-corrected chi connectivity index (χ4v) is 2.95. The molecule has 0 saturated heterocycles. The Bertz CT molecular complexity index is 214. The molecule has 94 valence electrons. The van der Waals surface area contributed by atoms with Crippen LogP contribution in [0, 0.1) is 0 Å². The molecule has 0 amide bonds. The largest absolute Gasteiger partial charge is 0.387 e. The molecule has 2 saturated carbocycles. The minimum Gasteiger partial charge on any atom is -0.387 e. The molecule has 3 nitrogen and oxygen atoms in total. The van der Waals surface area contributed by atoms with Crippen molar-refractivity contribution in [3.63, 3.8) is 0 Å². The maximum atomic E-state index is 10.3. The van der Waals surface area contributed by atoms with Crippen LogP contribution in [0.4, 0.5) is 0 Å². The van der Waals surface area contributed by atoms with E-state index >= 15 is 0 Å². The van der Waals surface area contributed by atoms with Gasteiger partial charge in [0.25, 0.3) is 0 Å². The van der Waals surface area contributed by atoms with E-state index in [-0.39, 0.29) is 12.1 Å². The molecule has 2 rings (SSSR count). The molecule has 0 spiro atoms. The van der Waals surface area contributed by atoms with Crippen molar-refractivity contribution in [1.82, 2.24) is 0 Å². The van der Waals surface area contributed by atoms with E-state index in [0.717, 1.165) is 38.5 Å². The zero-order valence-electron chi connectivity index (χ0n) is 10.2. The van der Waals surface area contributed by atoms with Gasteiger partial charge in [0.1, 0.15) is 0 Å². The van der Waals surface area contributed by atoms with Crippen LogP contribution in [0.5, 0.6) is 0 Å². The van der Waals surface area contributed by atoms with Gasteiger partial charge in [0, 0.05) is 6.04 Å². The minimum absolute atomic E-state index is 0.180. The summed E-state index contributed by atoms with van der Waals surface area (Å²) in [6.07, 6.45) is 10.1. The smallest absolute Gasteiger partial charge is 0.0880 e. The SMILES string of the molecule is NC1CCCCC1OCC1(O)CCCCC1. The van der Waals surface area contributed by atoms with Crippen molar-refractivity contribution in [2.75, 3.05) is 6.61 Å². The Morgan fingerprint density at radius 3 is 2.44 bits per heavy atom. The molecular weight excluding hydrogens is 202 g/mol. The van der Waals surface area contributed by atoms with Crippen LogP contribution in [0.2, 0.25) is 0 Å². The Morgan fingerprint density at radius 2 is 1.75 bits per heavy atom. The van der Waals surface area contributed by atoms with E-state index in [1.165, 1.54) is 19.3 Å². The molecule has 2 aliphatic carbocycles. The molecule has 0 aromatic rings. The first-order valence-electron chi connectivity index (χ1n) is 6.79. The van der Waals surface area contributed by atoms with Gasteiger partial charge in [0.15, 0.2) is 0 Å². The molecule has 0 radical (unpaired) electrons. The molecule has 2 fully saturated rings. The van der Waals surface area contributed by atoms with Gasteiger partial charge in [-0.05, 0) is 25.7 Å². The summed E-state index contributed by atoms with van der Waals surface area (Å²) in [5, 5.41) is 10.3. The van der Waals surface area contributed by atoms with Gasteiger partial charge in [-0.1, -0.05) is 32.1 Å². The zero-order chi connectivity index (χ0) is 11.4. The predicted molar refractivity (Wildman–Crippen MR) is 64.2 cm³/mol. The van der Waals surface area contributed by atoms with Crippen molar-refractivity contribution in [3.05, 3.63) is 0 Å². The van der Waals surface area contributed by atoms with E-state index in [0.29, 0.717) is 6.61 Å². The third kappa shape index (κ3) is 3.19. The molecule has 2 unspecified atom stereocenters. The zero-order valence-corrected chi connectivity index (χ0v) is 10.2. The van der Waals surface area contributed by atoms with Crippen molar-refractivity contribution >= 4 is 0 Å². The lowest BCUT2D eigenvalue weighted by Crippen LogP contribution is -2.44. The highest BCUT2D eigenvalue weighted by Gasteiger charge is 2.32. The lowest BCUT2D eigenvalue weighted by Gasteiger charge is -2.35. The third-order valence-electron chi connectivity index (χ3n) is 4.10. The van der Waals surface area contributed by atoms with Crippen LogP contribution in [0.3, 0.4) is 0 Å². The molecule has 0 aliphatic heterocycles. The van der Waals surface area contributed by atoms with Crippen molar-refractivity contribution in [2.24, 2.45) is 5.73 Å². The molecule has 0 aromatic heterocycles. The first-order valence-corrected chi connectivity index (χ1v) is 6.79. The quantitative estimate of drug-likeness (QED) is 0.775. The Labute approximate surface area is 98.4 Å². The summed E-state index contributed by atoms with van der Waals surface area (Å²) in [5.74, 6) is 0. The lowest BCUT2D eigenvalue weighted by atomic mass is 9.85. The molecule has 2 aliphatic rings. The third-order valence-corrected chi connectivity index (χ3v) is 4.10. The average Bonchev–Trinajstić information content (AvgIpc) is 2.29. The average molecular weight is 227 g/mol. The van der Waals surface area contributed by atoms with Crippen molar-refractivity contribution < 1.29 is 9.84 Å². The van der Waals surface area contributed by atoms with Crippen LogP contribution in [0.25, 0.3) is 0 Å². The van der Waals surface area contributed by atoms with E-state index < -0.39 is 5.60 Å². The van der Waals surface area contributed by atoms with Gasteiger partial charge in [-0.3, -0.25) is 0 Å². The van der Waals surface area contributed by atoms with Crippen LogP contribution in [-0.4, -0.2) is 29.5 Å². The molecule has 3 heteroatoms. The second-order valence-corrected chi connectivity index (χ2v) is 5.58. The summed E-state index contributed by atoms with van der Waals surface area (Å²) in [5.41, 5.74) is 5.47. The van der Waals surface area contributed by atoms with E-state index in [2.05, 4.69) is 0 Å². The van der Waals surface area contributed by atoms with Gasteiger partial charge in [0.2, 0.25) is 0 Å². The van der Waals surface area contributed by atoms with Gasteiger partial charge in [-0.15, -0.1) is 0 Å². The van der Waals surface area contributed by atoms with Gasteiger partial charge in [-0.2, -0.15) is 0 Å². The number of hydrogen-bond acceptors (Lipinski definition) is 3.